The van der Waals surface area contributed by atoms with Crippen molar-refractivity contribution in [3.63, 3.8) is 0 Å². The van der Waals surface area contributed by atoms with E-state index < -0.39 is 0 Å². The van der Waals surface area contributed by atoms with Crippen LogP contribution in [0.2, 0.25) is 0 Å². The fourth-order valence-corrected chi connectivity index (χ4v) is 3.34. The number of nitrogen functional groups attached to an aromatic ring is 1. The number of hydrogen-bond donors (Lipinski definition) is 1. The zero-order valence-electron chi connectivity index (χ0n) is 20.7. The third kappa shape index (κ3) is 19.3. The van der Waals surface area contributed by atoms with Crippen LogP contribution < -0.4 is 10.5 Å². The summed E-state index contributed by atoms with van der Waals surface area (Å²) in [6.45, 7) is 5.64. The quantitative estimate of drug-likeness (QED) is 0.163. The molecular formula is C26H46N2O5. The van der Waals surface area contributed by atoms with Gasteiger partial charge in [-0.05, 0) is 31.4 Å². The molecule has 1 rings (SSSR count). The lowest BCUT2D eigenvalue weighted by Crippen LogP contribution is -2.13. The van der Waals surface area contributed by atoms with Gasteiger partial charge in [0, 0.05) is 13.0 Å². The highest BCUT2D eigenvalue weighted by atomic mass is 16.6. The largest absolute Gasteiger partial charge is 0.492 e. The molecule has 33 heavy (non-hydrogen) atoms. The predicted octanol–water partition coefficient (Wildman–Crippen LogP) is 5.71. The Labute approximate surface area is 200 Å². The van der Waals surface area contributed by atoms with Gasteiger partial charge in [0.25, 0.3) is 0 Å². The summed E-state index contributed by atoms with van der Waals surface area (Å²) in [4.78, 5) is 15.7. The van der Waals surface area contributed by atoms with Gasteiger partial charge >= 0.3 is 5.97 Å². The van der Waals surface area contributed by atoms with E-state index in [1.165, 1.54) is 51.4 Å². The number of ether oxygens (including phenoxy) is 4. The van der Waals surface area contributed by atoms with E-state index in [0.717, 1.165) is 38.0 Å². The highest BCUT2D eigenvalue weighted by Crippen LogP contribution is 2.12. The molecule has 0 atom stereocenters. The van der Waals surface area contributed by atoms with Gasteiger partial charge in [0.1, 0.15) is 18.2 Å². The zero-order valence-corrected chi connectivity index (χ0v) is 20.7. The Morgan fingerprint density at radius 1 is 0.758 bits per heavy atom. The van der Waals surface area contributed by atoms with Gasteiger partial charge in [0.05, 0.1) is 32.6 Å². The Bertz CT molecular complexity index is 568. The lowest BCUT2D eigenvalue weighted by molar-refractivity contribution is -0.145. The van der Waals surface area contributed by atoms with Crippen molar-refractivity contribution in [2.75, 3.05) is 45.4 Å². The lowest BCUT2D eigenvalue weighted by atomic mass is 10.1. The topological polar surface area (TPSA) is 92.9 Å². The normalized spacial score (nSPS) is 10.9. The monoisotopic (exact) mass is 466 g/mol. The van der Waals surface area contributed by atoms with E-state index in [0.29, 0.717) is 45.3 Å². The Balaban J connectivity index is 1.75. The van der Waals surface area contributed by atoms with Crippen LogP contribution in [0.1, 0.15) is 90.4 Å². The summed E-state index contributed by atoms with van der Waals surface area (Å²) in [6, 6.07) is 3.59. The minimum absolute atomic E-state index is 0.123. The Kier molecular flexibility index (Phi) is 19.4. The number of aromatic nitrogens is 1. The molecule has 0 aromatic carbocycles. The average Bonchev–Trinajstić information content (AvgIpc) is 2.82. The highest BCUT2D eigenvalue weighted by molar-refractivity contribution is 5.69. The van der Waals surface area contributed by atoms with Crippen molar-refractivity contribution in [2.24, 2.45) is 0 Å². The molecule has 0 unspecified atom stereocenters. The van der Waals surface area contributed by atoms with Crippen molar-refractivity contribution in [3.05, 3.63) is 18.3 Å². The van der Waals surface area contributed by atoms with Crippen molar-refractivity contribution in [1.29, 1.82) is 0 Å². The second kappa shape index (κ2) is 22.0. The maximum atomic E-state index is 11.7. The van der Waals surface area contributed by atoms with Crippen molar-refractivity contribution in [2.45, 2.75) is 90.4 Å². The first kappa shape index (κ1) is 29.2. The van der Waals surface area contributed by atoms with Gasteiger partial charge in [-0.1, -0.05) is 64.7 Å². The van der Waals surface area contributed by atoms with Gasteiger partial charge in [0.15, 0.2) is 0 Å². The zero-order chi connectivity index (χ0) is 23.8. The van der Waals surface area contributed by atoms with Crippen LogP contribution in [0.15, 0.2) is 18.3 Å². The maximum Gasteiger partial charge on any atom is 0.305 e. The molecule has 0 aliphatic carbocycles. The number of hydrogen-bond acceptors (Lipinski definition) is 7. The maximum absolute atomic E-state index is 11.7. The molecule has 0 bridgehead atoms. The number of carbonyl (C=O) groups excluding carboxylic acids is 1. The number of carbonyl (C=O) groups is 1. The fourth-order valence-electron chi connectivity index (χ4n) is 3.34. The van der Waals surface area contributed by atoms with Crippen molar-refractivity contribution < 1.29 is 23.7 Å². The van der Waals surface area contributed by atoms with Gasteiger partial charge in [-0.25, -0.2) is 4.98 Å². The summed E-state index contributed by atoms with van der Waals surface area (Å²) in [7, 11) is 0. The Hall–Kier alpha value is -1.86. The molecule has 7 heteroatoms. The summed E-state index contributed by atoms with van der Waals surface area (Å²) in [6.07, 6.45) is 16.0. The molecule has 0 amide bonds. The molecule has 7 nitrogen and oxygen atoms in total. The second-order valence-electron chi connectivity index (χ2n) is 8.35. The molecular weight excluding hydrogens is 420 g/mol. The van der Waals surface area contributed by atoms with Crippen LogP contribution in [-0.4, -0.2) is 50.6 Å². The van der Waals surface area contributed by atoms with Crippen LogP contribution in [-0.2, 0) is 19.0 Å². The van der Waals surface area contributed by atoms with E-state index in [-0.39, 0.29) is 5.97 Å². The van der Waals surface area contributed by atoms with Gasteiger partial charge in [0.2, 0.25) is 0 Å². The first-order valence-corrected chi connectivity index (χ1v) is 12.9. The summed E-state index contributed by atoms with van der Waals surface area (Å²) in [5.41, 5.74) is 5.55. The van der Waals surface area contributed by atoms with Crippen LogP contribution >= 0.6 is 0 Å². The molecule has 1 heterocycles. The molecule has 0 saturated carbocycles. The molecule has 190 valence electrons. The minimum Gasteiger partial charge on any atom is -0.492 e. The van der Waals surface area contributed by atoms with E-state index in [2.05, 4.69) is 11.9 Å². The van der Waals surface area contributed by atoms with Gasteiger partial charge in [-0.15, -0.1) is 0 Å². The fraction of sp³-hybridized carbons (Fsp3) is 0.769. The molecule has 0 spiro atoms. The van der Waals surface area contributed by atoms with E-state index in [4.69, 9.17) is 24.7 Å². The molecule has 0 radical (unpaired) electrons. The molecule has 1 aromatic rings. The number of anilines is 1. The van der Waals surface area contributed by atoms with E-state index in [1.807, 2.05) is 6.07 Å². The molecule has 1 aromatic heterocycles. The molecule has 0 fully saturated rings. The lowest BCUT2D eigenvalue weighted by Gasteiger charge is -2.07. The molecule has 0 saturated heterocycles. The standard InChI is InChI=1S/C26H46N2O5/c1-2-3-4-12-17-30-19-20-31-21-22-33-26(29)14-11-9-7-5-6-8-10-13-18-32-24-15-16-25(27)28-23-24/h15-16,23H,2-14,17-22H2,1H3,(H2,27,28). The first-order valence-electron chi connectivity index (χ1n) is 12.9. The number of nitrogens with zero attached hydrogens (tertiary/aromatic N) is 1. The van der Waals surface area contributed by atoms with Crippen LogP contribution in [0.5, 0.6) is 5.75 Å². The summed E-state index contributed by atoms with van der Waals surface area (Å²) < 4.78 is 21.8. The first-order chi connectivity index (χ1) is 16.2. The number of esters is 1. The molecule has 2 N–H and O–H groups in total. The van der Waals surface area contributed by atoms with Crippen molar-refractivity contribution in [1.82, 2.24) is 4.98 Å². The van der Waals surface area contributed by atoms with E-state index >= 15 is 0 Å². The van der Waals surface area contributed by atoms with Gasteiger partial charge in [-0.3, -0.25) is 4.79 Å². The summed E-state index contributed by atoms with van der Waals surface area (Å²) in [5, 5.41) is 0. The minimum atomic E-state index is -0.123. The third-order valence-electron chi connectivity index (χ3n) is 5.31. The van der Waals surface area contributed by atoms with Crippen molar-refractivity contribution >= 4 is 11.8 Å². The summed E-state index contributed by atoms with van der Waals surface area (Å²) in [5.74, 6) is 1.16. The van der Waals surface area contributed by atoms with Crippen LogP contribution in [0.25, 0.3) is 0 Å². The van der Waals surface area contributed by atoms with E-state index in [1.54, 1.807) is 12.3 Å². The van der Waals surface area contributed by atoms with Crippen LogP contribution in [0.3, 0.4) is 0 Å². The molecule has 0 aliphatic rings. The van der Waals surface area contributed by atoms with Crippen LogP contribution in [0, 0.1) is 0 Å². The number of rotatable bonds is 23. The SMILES string of the molecule is CCCCCCOCCOCCOC(=O)CCCCCCCCCCOc1ccc(N)nc1. The van der Waals surface area contributed by atoms with E-state index in [9.17, 15) is 4.79 Å². The van der Waals surface area contributed by atoms with Gasteiger partial charge < -0.3 is 24.7 Å². The third-order valence-corrected chi connectivity index (χ3v) is 5.31. The average molecular weight is 467 g/mol. The second-order valence-corrected chi connectivity index (χ2v) is 8.35. The Morgan fingerprint density at radius 3 is 2.06 bits per heavy atom. The number of pyridine rings is 1. The van der Waals surface area contributed by atoms with Gasteiger partial charge in [-0.2, -0.15) is 0 Å². The Morgan fingerprint density at radius 2 is 1.36 bits per heavy atom. The number of nitrogens with two attached hydrogens (primary N) is 1. The predicted molar refractivity (Wildman–Crippen MR) is 132 cm³/mol. The smallest absolute Gasteiger partial charge is 0.305 e. The van der Waals surface area contributed by atoms with Crippen LogP contribution in [0.4, 0.5) is 5.82 Å². The summed E-state index contributed by atoms with van der Waals surface area (Å²) >= 11 is 0. The van der Waals surface area contributed by atoms with Crippen molar-refractivity contribution in [3.8, 4) is 5.75 Å². The molecule has 0 aliphatic heterocycles. The number of unbranched alkanes of at least 4 members (excludes halogenated alkanes) is 10. The highest BCUT2D eigenvalue weighted by Gasteiger charge is 2.03.